The van der Waals surface area contributed by atoms with Crippen molar-refractivity contribution in [3.63, 3.8) is 0 Å². The first kappa shape index (κ1) is 16.3. The maximum Gasteiger partial charge on any atom is 0.231 e. The second-order valence-corrected chi connectivity index (χ2v) is 6.07. The van der Waals surface area contributed by atoms with Crippen molar-refractivity contribution in [1.82, 2.24) is 0 Å². The smallest absolute Gasteiger partial charge is 0.231 e. The Morgan fingerprint density at radius 1 is 1.29 bits per heavy atom. The van der Waals surface area contributed by atoms with Gasteiger partial charge in [-0.3, -0.25) is 9.59 Å². The van der Waals surface area contributed by atoms with Crippen LogP contribution < -0.4 is 15.0 Å². The Kier molecular flexibility index (Phi) is 4.44. The van der Waals surface area contributed by atoms with Crippen LogP contribution in [0.15, 0.2) is 36.4 Å². The highest BCUT2D eigenvalue weighted by Gasteiger charge is 2.24. The van der Waals surface area contributed by atoms with Gasteiger partial charge in [0, 0.05) is 18.4 Å². The van der Waals surface area contributed by atoms with E-state index in [0.717, 1.165) is 16.8 Å². The van der Waals surface area contributed by atoms with Gasteiger partial charge in [-0.15, -0.1) is 0 Å². The zero-order chi connectivity index (χ0) is 17.3. The van der Waals surface area contributed by atoms with Crippen molar-refractivity contribution in [1.29, 1.82) is 0 Å². The van der Waals surface area contributed by atoms with Crippen LogP contribution in [0, 0.1) is 0 Å². The zero-order valence-electron chi connectivity index (χ0n) is 13.4. The third-order valence-corrected chi connectivity index (χ3v) is 4.32. The van der Waals surface area contributed by atoms with Crippen LogP contribution in [0.2, 0.25) is 5.02 Å². The molecule has 2 amide bonds. The number of ether oxygens (including phenoxy) is 1. The molecule has 0 spiro atoms. The summed E-state index contributed by atoms with van der Waals surface area (Å²) in [5.74, 6) is 0.482. The Balaban J connectivity index is 1.69. The summed E-state index contributed by atoms with van der Waals surface area (Å²) in [6.07, 6.45) is 0.615. The van der Waals surface area contributed by atoms with Gasteiger partial charge in [-0.1, -0.05) is 23.7 Å². The first-order chi connectivity index (χ1) is 11.5. The second kappa shape index (κ2) is 6.53. The van der Waals surface area contributed by atoms with Crippen LogP contribution in [0.5, 0.6) is 5.75 Å². The molecule has 1 N–H and O–H groups in total. The summed E-state index contributed by atoms with van der Waals surface area (Å²) in [4.78, 5) is 25.6. The quantitative estimate of drug-likeness (QED) is 0.927. The number of carbonyl (C=O) groups excluding carboxylic acids is 2. The van der Waals surface area contributed by atoms with E-state index in [1.807, 2.05) is 18.2 Å². The van der Waals surface area contributed by atoms with Gasteiger partial charge in [0.05, 0.1) is 25.0 Å². The molecular weight excluding hydrogens is 328 g/mol. The lowest BCUT2D eigenvalue weighted by Crippen LogP contribution is -2.20. The topological polar surface area (TPSA) is 58.6 Å². The zero-order valence-corrected chi connectivity index (χ0v) is 14.2. The Hall–Kier alpha value is -2.53. The van der Waals surface area contributed by atoms with E-state index in [0.29, 0.717) is 22.9 Å². The van der Waals surface area contributed by atoms with Gasteiger partial charge < -0.3 is 15.0 Å². The van der Waals surface area contributed by atoms with E-state index in [9.17, 15) is 9.59 Å². The normalized spacial score (nSPS) is 13.0. The molecule has 0 saturated carbocycles. The van der Waals surface area contributed by atoms with E-state index in [-0.39, 0.29) is 18.2 Å². The van der Waals surface area contributed by atoms with Crippen molar-refractivity contribution in [2.75, 3.05) is 24.4 Å². The number of hydrogen-bond donors (Lipinski definition) is 1. The number of benzene rings is 2. The van der Waals surface area contributed by atoms with Gasteiger partial charge in [-0.25, -0.2) is 0 Å². The third-order valence-electron chi connectivity index (χ3n) is 4.02. The Morgan fingerprint density at radius 3 is 2.79 bits per heavy atom. The molecule has 0 bridgehead atoms. The summed E-state index contributed by atoms with van der Waals surface area (Å²) in [5.41, 5.74) is 3.35. The molecule has 0 fully saturated rings. The average Bonchev–Trinajstić information content (AvgIpc) is 2.81. The number of fused-ring (bicyclic) bond motifs is 1. The number of nitrogens with one attached hydrogen (secondary N) is 1. The van der Waals surface area contributed by atoms with E-state index >= 15 is 0 Å². The van der Waals surface area contributed by atoms with E-state index in [2.05, 4.69) is 5.32 Å². The standard InChI is InChI=1S/C18H17ClN2O3/c1-21-15-5-3-11(7-12(15)9-18(21)23)8-17(22)20-13-4-6-16(24-2)14(19)10-13/h3-7,10H,8-9H2,1-2H3,(H,20,22). The summed E-state index contributed by atoms with van der Waals surface area (Å²) < 4.78 is 5.08. The molecule has 1 heterocycles. The molecule has 24 heavy (non-hydrogen) atoms. The van der Waals surface area contributed by atoms with E-state index < -0.39 is 0 Å². The lowest BCUT2D eigenvalue weighted by Gasteiger charge is -2.11. The molecule has 3 rings (SSSR count). The summed E-state index contributed by atoms with van der Waals surface area (Å²) >= 11 is 6.05. The van der Waals surface area contributed by atoms with Crippen LogP contribution >= 0.6 is 11.6 Å². The molecule has 0 atom stereocenters. The molecule has 0 radical (unpaired) electrons. The fourth-order valence-corrected chi connectivity index (χ4v) is 3.03. The number of anilines is 2. The van der Waals surface area contributed by atoms with Crippen molar-refractivity contribution in [3.05, 3.63) is 52.5 Å². The first-order valence-electron chi connectivity index (χ1n) is 7.49. The van der Waals surface area contributed by atoms with Crippen molar-refractivity contribution < 1.29 is 14.3 Å². The van der Waals surface area contributed by atoms with Crippen molar-refractivity contribution in [3.8, 4) is 5.75 Å². The molecule has 0 aromatic heterocycles. The van der Waals surface area contributed by atoms with E-state index in [1.54, 1.807) is 30.1 Å². The van der Waals surface area contributed by atoms with Crippen molar-refractivity contribution in [2.45, 2.75) is 12.8 Å². The second-order valence-electron chi connectivity index (χ2n) is 5.67. The molecule has 5 nitrogen and oxygen atoms in total. The van der Waals surface area contributed by atoms with Crippen molar-refractivity contribution >= 4 is 34.8 Å². The number of carbonyl (C=O) groups is 2. The lowest BCUT2D eigenvalue weighted by atomic mass is 10.1. The predicted molar refractivity (Wildman–Crippen MR) is 93.9 cm³/mol. The SMILES string of the molecule is COc1ccc(NC(=O)Cc2ccc3c(c2)CC(=O)N3C)cc1Cl. The van der Waals surface area contributed by atoms with Crippen LogP contribution in [0.25, 0.3) is 0 Å². The van der Waals surface area contributed by atoms with Gasteiger partial charge in [0.15, 0.2) is 0 Å². The molecule has 0 aliphatic carbocycles. The molecule has 0 saturated heterocycles. The predicted octanol–water partition coefficient (Wildman–Crippen LogP) is 3.05. The maximum atomic E-state index is 12.2. The molecule has 1 aliphatic rings. The van der Waals surface area contributed by atoms with E-state index in [1.165, 1.54) is 7.11 Å². The van der Waals surface area contributed by atoms with E-state index in [4.69, 9.17) is 16.3 Å². The van der Waals surface area contributed by atoms with Crippen LogP contribution in [-0.2, 0) is 22.4 Å². The molecule has 124 valence electrons. The van der Waals surface area contributed by atoms with Gasteiger partial charge in [0.2, 0.25) is 11.8 Å². The minimum absolute atomic E-state index is 0.0690. The number of likely N-dealkylation sites (N-methyl/N-ethyl adjacent to an activating group) is 1. The minimum atomic E-state index is -0.145. The number of amides is 2. The average molecular weight is 345 g/mol. The molecule has 6 heteroatoms. The molecule has 1 aliphatic heterocycles. The Bertz CT molecular complexity index is 820. The van der Waals surface area contributed by atoms with Gasteiger partial charge in [0.25, 0.3) is 0 Å². The summed E-state index contributed by atoms with van der Waals surface area (Å²) in [6, 6.07) is 10.8. The number of halogens is 1. The molecule has 2 aromatic rings. The molecule has 2 aromatic carbocycles. The van der Waals surface area contributed by atoms with Crippen molar-refractivity contribution in [2.24, 2.45) is 0 Å². The maximum absolute atomic E-state index is 12.2. The number of hydrogen-bond acceptors (Lipinski definition) is 3. The van der Waals surface area contributed by atoms with Crippen LogP contribution in [0.3, 0.4) is 0 Å². The van der Waals surface area contributed by atoms with Gasteiger partial charge >= 0.3 is 0 Å². The fraction of sp³-hybridized carbons (Fsp3) is 0.222. The third kappa shape index (κ3) is 3.21. The Labute approximate surface area is 145 Å². The monoisotopic (exact) mass is 344 g/mol. The highest BCUT2D eigenvalue weighted by Crippen LogP contribution is 2.29. The lowest BCUT2D eigenvalue weighted by molar-refractivity contribution is -0.117. The fourth-order valence-electron chi connectivity index (χ4n) is 2.77. The van der Waals surface area contributed by atoms with Gasteiger partial charge in [0.1, 0.15) is 5.75 Å². The summed E-state index contributed by atoms with van der Waals surface area (Å²) in [5, 5.41) is 3.25. The van der Waals surface area contributed by atoms with Crippen LogP contribution in [0.4, 0.5) is 11.4 Å². The highest BCUT2D eigenvalue weighted by atomic mass is 35.5. The van der Waals surface area contributed by atoms with Crippen LogP contribution in [0.1, 0.15) is 11.1 Å². The van der Waals surface area contributed by atoms with Crippen LogP contribution in [-0.4, -0.2) is 26.0 Å². The number of nitrogens with zero attached hydrogens (tertiary/aromatic N) is 1. The highest BCUT2D eigenvalue weighted by molar-refractivity contribution is 6.32. The minimum Gasteiger partial charge on any atom is -0.495 e. The summed E-state index contributed by atoms with van der Waals surface area (Å²) in [7, 11) is 3.30. The van der Waals surface area contributed by atoms with Gasteiger partial charge in [-0.05, 0) is 35.4 Å². The first-order valence-corrected chi connectivity index (χ1v) is 7.87. The number of methoxy groups -OCH3 is 1. The molecular formula is C18H17ClN2O3. The Morgan fingerprint density at radius 2 is 2.08 bits per heavy atom. The largest absolute Gasteiger partial charge is 0.495 e. The summed E-state index contributed by atoms with van der Waals surface area (Å²) in [6.45, 7) is 0. The number of rotatable bonds is 4. The molecule has 0 unspecified atom stereocenters. The van der Waals surface area contributed by atoms with Gasteiger partial charge in [-0.2, -0.15) is 0 Å².